The Hall–Kier alpha value is -3.19. The number of rotatable bonds is 6. The third-order valence-corrected chi connectivity index (χ3v) is 2.15. The molecule has 14 nitrogen and oxygen atoms in total. The minimum atomic E-state index is -3.90. The molecule has 0 aliphatic rings. The highest BCUT2D eigenvalue weighted by atomic mass is 16.7. The number of hydrogen-bond acceptors (Lipinski definition) is 11. The molecule has 0 saturated carbocycles. The maximum Gasteiger partial charge on any atom is 0.763 e. The fourth-order valence-electron chi connectivity index (χ4n) is 1.19. The molecule has 0 atom stereocenters. The molecule has 14 heteroatoms. The second-order valence-corrected chi connectivity index (χ2v) is 3.21. The molecule has 0 aliphatic heterocycles. The van der Waals surface area contributed by atoms with Crippen LogP contribution in [0.5, 0.6) is 0 Å². The van der Waals surface area contributed by atoms with Crippen LogP contribution in [0.25, 0.3) is 0 Å². The first kappa shape index (κ1) is 14.9. The van der Waals surface area contributed by atoms with Crippen LogP contribution in [0.3, 0.4) is 0 Å². The molecule has 20 heavy (non-hydrogen) atoms. The van der Waals surface area contributed by atoms with E-state index in [0.717, 1.165) is 0 Å². The van der Waals surface area contributed by atoms with E-state index in [2.05, 4.69) is 25.6 Å². The van der Waals surface area contributed by atoms with Crippen molar-refractivity contribution in [3.8, 4) is 0 Å². The van der Waals surface area contributed by atoms with Gasteiger partial charge in [0.05, 0.1) is 0 Å². The average molecular weight is 288 g/mol. The van der Waals surface area contributed by atoms with Gasteiger partial charge >= 0.3 is 11.6 Å². The van der Waals surface area contributed by atoms with Crippen LogP contribution in [0, 0.1) is 30.3 Å². The van der Waals surface area contributed by atoms with Gasteiger partial charge in [0.1, 0.15) is 0 Å². The summed E-state index contributed by atoms with van der Waals surface area (Å²) in [5.41, 5.74) is 0. The predicted octanol–water partition coefficient (Wildman–Crippen LogP) is -1.10. The summed E-state index contributed by atoms with van der Waals surface area (Å²) in [6.07, 6.45) is 0. The molecule has 0 fully saturated rings. The number of nitrogens with one attached hydrogen (secondary N) is 2. The largest absolute Gasteiger partial charge is 0.763 e. The summed E-state index contributed by atoms with van der Waals surface area (Å²) in [5, 5.41) is 37.4. The molecule has 0 amide bonds. The van der Waals surface area contributed by atoms with Gasteiger partial charge in [-0.3, -0.25) is 30.3 Å². The standard InChI is InChI=1S/C6H8N8O6/c1-7-4-9-3(10-5(8-2)11-4)6(12(15)16,13(17)18)14(19)20/h1-2H3,(H2,7,8,9,10,11). The Labute approximate surface area is 109 Å². The highest BCUT2D eigenvalue weighted by Crippen LogP contribution is 2.25. The lowest BCUT2D eigenvalue weighted by Crippen LogP contribution is -2.51. The van der Waals surface area contributed by atoms with Crippen LogP contribution >= 0.6 is 0 Å². The first-order chi connectivity index (χ1) is 9.30. The molecule has 1 heterocycles. The highest BCUT2D eigenvalue weighted by Gasteiger charge is 2.76. The van der Waals surface area contributed by atoms with Gasteiger partial charge in [0, 0.05) is 14.1 Å². The normalized spacial score (nSPS) is 10.7. The summed E-state index contributed by atoms with van der Waals surface area (Å²) < 4.78 is 0. The summed E-state index contributed by atoms with van der Waals surface area (Å²) in [4.78, 5) is 37.9. The van der Waals surface area contributed by atoms with Gasteiger partial charge in [-0.2, -0.15) is 15.0 Å². The molecule has 108 valence electrons. The van der Waals surface area contributed by atoms with E-state index < -0.39 is 26.4 Å². The Balaban J connectivity index is 3.69. The molecule has 1 aromatic heterocycles. The molecule has 0 radical (unpaired) electrons. The molecule has 0 bridgehead atoms. The van der Waals surface area contributed by atoms with Gasteiger partial charge in [0.25, 0.3) is 0 Å². The van der Waals surface area contributed by atoms with Gasteiger partial charge in [-0.1, -0.05) is 0 Å². The maximum absolute atomic E-state index is 10.9. The van der Waals surface area contributed by atoms with Gasteiger partial charge in [-0.25, -0.2) is 0 Å². The lowest BCUT2D eigenvalue weighted by Gasteiger charge is -2.09. The highest BCUT2D eigenvalue weighted by molar-refractivity contribution is 5.33. The lowest BCUT2D eigenvalue weighted by molar-refractivity contribution is -0.987. The van der Waals surface area contributed by atoms with E-state index in [0.29, 0.717) is 0 Å². The van der Waals surface area contributed by atoms with Crippen LogP contribution in [-0.2, 0) is 5.79 Å². The summed E-state index contributed by atoms with van der Waals surface area (Å²) in [7, 11) is 2.65. The Morgan fingerprint density at radius 2 is 1.20 bits per heavy atom. The minimum Gasteiger partial charge on any atom is -0.357 e. The number of nitrogens with zero attached hydrogens (tertiary/aromatic N) is 6. The molecule has 0 spiro atoms. The topological polar surface area (TPSA) is 192 Å². The molecule has 1 rings (SSSR count). The van der Waals surface area contributed by atoms with E-state index in [1.54, 1.807) is 0 Å². The lowest BCUT2D eigenvalue weighted by atomic mass is 10.3. The Bertz CT molecular complexity index is 516. The van der Waals surface area contributed by atoms with Crippen molar-refractivity contribution < 1.29 is 14.8 Å². The summed E-state index contributed by atoms with van der Waals surface area (Å²) in [6, 6.07) is 0. The summed E-state index contributed by atoms with van der Waals surface area (Å²) in [5.74, 6) is -5.72. The Morgan fingerprint density at radius 3 is 1.45 bits per heavy atom. The quantitative estimate of drug-likeness (QED) is 0.366. The third-order valence-electron chi connectivity index (χ3n) is 2.15. The van der Waals surface area contributed by atoms with Gasteiger partial charge in [0.15, 0.2) is 14.8 Å². The van der Waals surface area contributed by atoms with E-state index in [-0.39, 0.29) is 11.9 Å². The number of anilines is 2. The number of aromatic nitrogens is 3. The number of nitro groups is 3. The SMILES string of the molecule is CNc1nc(NC)nc(C([N+](=O)[O-])([N+](=O)[O-])[N+](=O)[O-])n1. The van der Waals surface area contributed by atoms with Crippen LogP contribution < -0.4 is 10.6 Å². The zero-order valence-corrected chi connectivity index (χ0v) is 10.1. The van der Waals surface area contributed by atoms with Crippen LogP contribution in [0.2, 0.25) is 0 Å². The number of hydrogen-bond donors (Lipinski definition) is 2. The molecule has 0 unspecified atom stereocenters. The predicted molar refractivity (Wildman–Crippen MR) is 61.6 cm³/mol. The molecular formula is C6H8N8O6. The minimum absolute atomic E-state index is 0.297. The van der Waals surface area contributed by atoms with E-state index in [4.69, 9.17) is 0 Å². The van der Waals surface area contributed by atoms with Crippen molar-refractivity contribution in [3.05, 3.63) is 36.2 Å². The van der Waals surface area contributed by atoms with E-state index >= 15 is 0 Å². The first-order valence-corrected chi connectivity index (χ1v) is 4.86. The van der Waals surface area contributed by atoms with Crippen molar-refractivity contribution >= 4 is 11.9 Å². The van der Waals surface area contributed by atoms with Crippen LogP contribution in [0.1, 0.15) is 5.82 Å². The van der Waals surface area contributed by atoms with Gasteiger partial charge in [-0.05, 0) is 0 Å². The van der Waals surface area contributed by atoms with Crippen molar-refractivity contribution in [1.29, 1.82) is 0 Å². The molecule has 2 N–H and O–H groups in total. The first-order valence-electron chi connectivity index (χ1n) is 4.86. The molecule has 0 aromatic carbocycles. The van der Waals surface area contributed by atoms with Crippen molar-refractivity contribution in [2.24, 2.45) is 0 Å². The fraction of sp³-hybridized carbons (Fsp3) is 0.500. The van der Waals surface area contributed by atoms with E-state index in [9.17, 15) is 30.3 Å². The van der Waals surface area contributed by atoms with Gasteiger partial charge < -0.3 is 10.6 Å². The maximum atomic E-state index is 10.9. The van der Waals surface area contributed by atoms with Crippen molar-refractivity contribution in [1.82, 2.24) is 15.0 Å². The third kappa shape index (κ3) is 2.08. The van der Waals surface area contributed by atoms with E-state index in [1.807, 2.05) is 0 Å². The van der Waals surface area contributed by atoms with Crippen molar-refractivity contribution in [2.75, 3.05) is 24.7 Å². The van der Waals surface area contributed by atoms with Crippen molar-refractivity contribution in [3.63, 3.8) is 0 Å². The average Bonchev–Trinajstić information content (AvgIpc) is 2.37. The monoisotopic (exact) mass is 288 g/mol. The van der Waals surface area contributed by atoms with Gasteiger partial charge in [-0.15, -0.1) is 0 Å². The molecule has 0 aliphatic carbocycles. The zero-order chi connectivity index (χ0) is 15.5. The molecule has 1 aromatic rings. The van der Waals surface area contributed by atoms with Gasteiger partial charge in [0.2, 0.25) is 11.9 Å². The molecule has 0 saturated heterocycles. The Morgan fingerprint density at radius 1 is 0.850 bits per heavy atom. The summed E-state index contributed by atoms with van der Waals surface area (Å²) >= 11 is 0. The molecular weight excluding hydrogens is 280 g/mol. The van der Waals surface area contributed by atoms with E-state index in [1.165, 1.54) is 14.1 Å². The van der Waals surface area contributed by atoms with Crippen LogP contribution in [0.15, 0.2) is 0 Å². The van der Waals surface area contributed by atoms with Crippen LogP contribution in [-0.4, -0.2) is 43.8 Å². The second kappa shape index (κ2) is 5.21. The Kier molecular flexibility index (Phi) is 3.87. The van der Waals surface area contributed by atoms with Crippen molar-refractivity contribution in [2.45, 2.75) is 5.79 Å². The smallest absolute Gasteiger partial charge is 0.357 e. The summed E-state index contributed by atoms with van der Waals surface area (Å²) in [6.45, 7) is 0. The fourth-order valence-corrected chi connectivity index (χ4v) is 1.19. The van der Waals surface area contributed by atoms with Crippen LogP contribution in [0.4, 0.5) is 11.9 Å². The zero-order valence-electron chi connectivity index (χ0n) is 10.1. The second-order valence-electron chi connectivity index (χ2n) is 3.21.